The highest BCUT2D eigenvalue weighted by Gasteiger charge is 2.18. The molecule has 110 valence electrons. The summed E-state index contributed by atoms with van der Waals surface area (Å²) < 4.78 is 4.90. The average molecular weight is 296 g/mol. The van der Waals surface area contributed by atoms with Crippen LogP contribution in [0.4, 0.5) is 5.69 Å². The number of benzene rings is 1. The van der Waals surface area contributed by atoms with Gasteiger partial charge in [0.05, 0.1) is 12.3 Å². The molecule has 0 saturated heterocycles. The third-order valence-corrected chi connectivity index (χ3v) is 2.70. The third-order valence-electron chi connectivity index (χ3n) is 2.70. The van der Waals surface area contributed by atoms with Gasteiger partial charge in [-0.2, -0.15) is 5.26 Å². The zero-order chi connectivity index (χ0) is 15.8. The van der Waals surface area contributed by atoms with E-state index in [0.717, 1.165) is 0 Å². The van der Waals surface area contributed by atoms with Crippen LogP contribution in [0, 0.1) is 11.3 Å². The number of ether oxygens (including phenoxy) is 1. The van der Waals surface area contributed by atoms with Crippen LogP contribution < -0.4 is 4.90 Å². The van der Waals surface area contributed by atoms with Crippen LogP contribution in [0.3, 0.4) is 0 Å². The van der Waals surface area contributed by atoms with Gasteiger partial charge >= 0.3 is 5.97 Å². The lowest BCUT2D eigenvalue weighted by Crippen LogP contribution is -2.35. The molecule has 0 fully saturated rings. The summed E-state index contributed by atoms with van der Waals surface area (Å²) in [5.41, 5.74) is 0.575. The van der Waals surface area contributed by atoms with Crippen molar-refractivity contribution in [1.82, 2.24) is 9.97 Å². The molecule has 22 heavy (non-hydrogen) atoms. The summed E-state index contributed by atoms with van der Waals surface area (Å²) in [4.78, 5) is 32.6. The molecule has 0 aliphatic heterocycles. The van der Waals surface area contributed by atoms with Crippen molar-refractivity contribution < 1.29 is 14.3 Å². The second-order valence-corrected chi connectivity index (χ2v) is 4.14. The Bertz CT molecular complexity index is 683. The van der Waals surface area contributed by atoms with Crippen LogP contribution >= 0.6 is 0 Å². The van der Waals surface area contributed by atoms with Gasteiger partial charge in [-0.1, -0.05) is 18.2 Å². The lowest BCUT2D eigenvalue weighted by molar-refractivity contribution is -0.121. The Labute approximate surface area is 126 Å². The Balaban J connectivity index is 2.01. The zero-order valence-corrected chi connectivity index (χ0v) is 11.5. The molecule has 0 spiro atoms. The third kappa shape index (κ3) is 3.86. The fraction of sp³-hybridized carbons (Fsp3) is 0.133. The number of hydrogen-bond acceptors (Lipinski definition) is 6. The predicted octanol–water partition coefficient (Wildman–Crippen LogP) is 1.19. The minimum atomic E-state index is -0.744. The number of carbonyl (C=O) groups excluding carboxylic acids is 2. The molecule has 2 rings (SSSR count). The van der Waals surface area contributed by atoms with E-state index in [9.17, 15) is 9.59 Å². The molecule has 2 aromatic rings. The predicted molar refractivity (Wildman–Crippen MR) is 76.7 cm³/mol. The molecule has 1 heterocycles. The molecule has 0 saturated carbocycles. The lowest BCUT2D eigenvalue weighted by atomic mass is 10.3. The zero-order valence-electron chi connectivity index (χ0n) is 11.5. The van der Waals surface area contributed by atoms with E-state index < -0.39 is 18.5 Å². The molecule has 7 heteroatoms. The van der Waals surface area contributed by atoms with Crippen LogP contribution in [0.25, 0.3) is 0 Å². The molecule has 0 bridgehead atoms. The normalized spacial score (nSPS) is 9.59. The fourth-order valence-electron chi connectivity index (χ4n) is 1.69. The number of anilines is 1. The first-order valence-corrected chi connectivity index (χ1v) is 6.38. The van der Waals surface area contributed by atoms with Gasteiger partial charge in [0.2, 0.25) is 0 Å². The number of carbonyl (C=O) groups is 2. The van der Waals surface area contributed by atoms with Crippen molar-refractivity contribution in [2.45, 2.75) is 0 Å². The summed E-state index contributed by atoms with van der Waals surface area (Å²) in [6.07, 6.45) is 4.02. The molecular formula is C15H12N4O3. The van der Waals surface area contributed by atoms with E-state index in [1.54, 1.807) is 30.3 Å². The number of amides is 1. The number of nitrogens with zero attached hydrogens (tertiary/aromatic N) is 4. The van der Waals surface area contributed by atoms with E-state index in [0.29, 0.717) is 5.69 Å². The second-order valence-electron chi connectivity index (χ2n) is 4.14. The Morgan fingerprint density at radius 3 is 2.64 bits per heavy atom. The van der Waals surface area contributed by atoms with Crippen LogP contribution in [0.5, 0.6) is 0 Å². The maximum atomic E-state index is 12.1. The van der Waals surface area contributed by atoms with Gasteiger partial charge in [0.25, 0.3) is 5.91 Å². The molecule has 0 radical (unpaired) electrons. The molecule has 1 aromatic carbocycles. The summed E-state index contributed by atoms with van der Waals surface area (Å²) in [5.74, 6) is -1.24. The highest BCUT2D eigenvalue weighted by atomic mass is 16.5. The van der Waals surface area contributed by atoms with Gasteiger partial charge in [-0.3, -0.25) is 14.7 Å². The topological polar surface area (TPSA) is 96.2 Å². The van der Waals surface area contributed by atoms with E-state index in [-0.39, 0.29) is 12.2 Å². The van der Waals surface area contributed by atoms with Gasteiger partial charge in [-0.15, -0.1) is 0 Å². The summed E-state index contributed by atoms with van der Waals surface area (Å²) in [6, 6.07) is 10.6. The van der Waals surface area contributed by atoms with Gasteiger partial charge in [0, 0.05) is 18.1 Å². The van der Waals surface area contributed by atoms with Gasteiger partial charge in [0.1, 0.15) is 6.54 Å². The molecule has 1 amide bonds. The number of esters is 1. The monoisotopic (exact) mass is 296 g/mol. The van der Waals surface area contributed by atoms with Crippen molar-refractivity contribution in [3.05, 3.63) is 54.6 Å². The first kappa shape index (κ1) is 15.1. The van der Waals surface area contributed by atoms with Crippen LogP contribution in [-0.2, 0) is 9.53 Å². The largest absolute Gasteiger partial charge is 0.451 e. The van der Waals surface area contributed by atoms with Crippen molar-refractivity contribution in [3.63, 3.8) is 0 Å². The smallest absolute Gasteiger partial charge is 0.359 e. The minimum absolute atomic E-state index is 0.0156. The second kappa shape index (κ2) is 7.50. The Morgan fingerprint density at radius 1 is 1.23 bits per heavy atom. The molecule has 0 N–H and O–H groups in total. The summed E-state index contributed by atoms with van der Waals surface area (Å²) in [6.45, 7) is -0.614. The van der Waals surface area contributed by atoms with Crippen LogP contribution in [0.1, 0.15) is 10.5 Å². The lowest BCUT2D eigenvalue weighted by Gasteiger charge is -2.19. The Kier molecular flexibility index (Phi) is 5.15. The molecule has 0 atom stereocenters. The molecule has 7 nitrogen and oxygen atoms in total. The number of rotatable bonds is 5. The van der Waals surface area contributed by atoms with Crippen LogP contribution in [0.15, 0.2) is 48.9 Å². The first-order valence-electron chi connectivity index (χ1n) is 6.38. The quantitative estimate of drug-likeness (QED) is 0.607. The highest BCUT2D eigenvalue weighted by Crippen LogP contribution is 2.13. The van der Waals surface area contributed by atoms with E-state index in [2.05, 4.69) is 9.97 Å². The average Bonchev–Trinajstić information content (AvgIpc) is 2.58. The molecule has 0 aliphatic carbocycles. The maximum absolute atomic E-state index is 12.1. The Hall–Kier alpha value is -3.27. The maximum Gasteiger partial charge on any atom is 0.359 e. The van der Waals surface area contributed by atoms with E-state index in [1.165, 1.54) is 23.5 Å². The van der Waals surface area contributed by atoms with Crippen molar-refractivity contribution in [2.75, 3.05) is 18.1 Å². The van der Waals surface area contributed by atoms with Crippen molar-refractivity contribution in [3.8, 4) is 6.07 Å². The minimum Gasteiger partial charge on any atom is -0.451 e. The highest BCUT2D eigenvalue weighted by molar-refractivity contribution is 5.96. The van der Waals surface area contributed by atoms with Crippen LogP contribution in [0.2, 0.25) is 0 Å². The van der Waals surface area contributed by atoms with Gasteiger partial charge in [-0.05, 0) is 12.1 Å². The van der Waals surface area contributed by atoms with Crippen LogP contribution in [-0.4, -0.2) is 35.0 Å². The van der Waals surface area contributed by atoms with Crippen molar-refractivity contribution >= 4 is 17.6 Å². The summed E-state index contributed by atoms with van der Waals surface area (Å²) in [7, 11) is 0. The SMILES string of the molecule is N#CCN(C(=O)COC(=O)c1cnccn1)c1ccccc1. The van der Waals surface area contributed by atoms with E-state index >= 15 is 0 Å². The van der Waals surface area contributed by atoms with Gasteiger partial charge in [0.15, 0.2) is 12.3 Å². The van der Waals surface area contributed by atoms with E-state index in [4.69, 9.17) is 10.00 Å². The standard InChI is InChI=1S/C15H12N4O3/c16-6-9-19(12-4-2-1-3-5-12)14(20)11-22-15(21)13-10-17-7-8-18-13/h1-5,7-8,10H,9,11H2. The number of hydrogen-bond donors (Lipinski definition) is 0. The fourth-order valence-corrected chi connectivity index (χ4v) is 1.69. The summed E-state index contributed by atoms with van der Waals surface area (Å²) in [5, 5.41) is 8.83. The van der Waals surface area contributed by atoms with E-state index in [1.807, 2.05) is 6.07 Å². The summed E-state index contributed by atoms with van der Waals surface area (Å²) >= 11 is 0. The van der Waals surface area contributed by atoms with Gasteiger partial charge in [-0.25, -0.2) is 9.78 Å². The first-order chi connectivity index (χ1) is 10.7. The number of nitriles is 1. The molecular weight excluding hydrogens is 284 g/mol. The number of para-hydroxylation sites is 1. The van der Waals surface area contributed by atoms with Crippen molar-refractivity contribution in [1.29, 1.82) is 5.26 Å². The van der Waals surface area contributed by atoms with Gasteiger partial charge < -0.3 is 4.74 Å². The Morgan fingerprint density at radius 2 is 2.00 bits per heavy atom. The molecule has 0 aliphatic rings. The number of aromatic nitrogens is 2. The van der Waals surface area contributed by atoms with Crippen molar-refractivity contribution in [2.24, 2.45) is 0 Å². The molecule has 1 aromatic heterocycles. The molecule has 0 unspecified atom stereocenters.